The van der Waals surface area contributed by atoms with Crippen molar-refractivity contribution in [2.75, 3.05) is 26.2 Å². The molecule has 1 aliphatic carbocycles. The summed E-state index contributed by atoms with van der Waals surface area (Å²) in [6.45, 7) is 4.63. The summed E-state index contributed by atoms with van der Waals surface area (Å²) in [7, 11) is 0. The van der Waals surface area contributed by atoms with Gasteiger partial charge in [0.15, 0.2) is 0 Å². The summed E-state index contributed by atoms with van der Waals surface area (Å²) in [5.41, 5.74) is 9.24. The monoisotopic (exact) mass is 272 g/mol. The van der Waals surface area contributed by atoms with Gasteiger partial charge in [-0.05, 0) is 56.3 Å². The third-order valence-corrected chi connectivity index (χ3v) is 5.43. The van der Waals surface area contributed by atoms with Crippen LogP contribution < -0.4 is 5.73 Å². The Labute approximate surface area is 123 Å². The summed E-state index contributed by atoms with van der Waals surface area (Å²) in [5.74, 6) is 0. The van der Waals surface area contributed by atoms with Gasteiger partial charge in [0.2, 0.25) is 0 Å². The second kappa shape index (κ2) is 6.28. The average molecular weight is 272 g/mol. The van der Waals surface area contributed by atoms with Gasteiger partial charge in [0.05, 0.1) is 0 Å². The van der Waals surface area contributed by atoms with Crippen molar-refractivity contribution in [3.05, 3.63) is 35.4 Å². The van der Waals surface area contributed by atoms with Gasteiger partial charge in [-0.2, -0.15) is 0 Å². The molecule has 20 heavy (non-hydrogen) atoms. The van der Waals surface area contributed by atoms with Crippen LogP contribution in [-0.4, -0.2) is 31.1 Å². The van der Waals surface area contributed by atoms with Crippen LogP contribution in [0.15, 0.2) is 24.3 Å². The zero-order valence-corrected chi connectivity index (χ0v) is 12.6. The quantitative estimate of drug-likeness (QED) is 0.892. The van der Waals surface area contributed by atoms with Crippen LogP contribution in [0.5, 0.6) is 0 Å². The van der Waals surface area contributed by atoms with Gasteiger partial charge in [-0.25, -0.2) is 0 Å². The maximum Gasteiger partial charge on any atom is 0.00755 e. The van der Waals surface area contributed by atoms with Crippen molar-refractivity contribution in [3.63, 3.8) is 0 Å². The zero-order chi connectivity index (χ0) is 13.8. The lowest BCUT2D eigenvalue weighted by atomic mass is 9.64. The van der Waals surface area contributed by atoms with Gasteiger partial charge in [0.25, 0.3) is 0 Å². The molecule has 1 aromatic rings. The normalized spacial score (nSPS) is 22.4. The molecule has 2 fully saturated rings. The molecule has 0 atom stereocenters. The first-order valence-corrected chi connectivity index (χ1v) is 8.34. The Morgan fingerprint density at radius 1 is 0.950 bits per heavy atom. The van der Waals surface area contributed by atoms with Gasteiger partial charge < -0.3 is 10.6 Å². The lowest BCUT2D eigenvalue weighted by Crippen LogP contribution is -2.41. The van der Waals surface area contributed by atoms with Crippen molar-refractivity contribution in [2.24, 2.45) is 5.73 Å². The fourth-order valence-electron chi connectivity index (χ4n) is 3.71. The standard InChI is InChI=1S/C18H28N2/c19-15-18(10-4-11-18)17-7-5-16(6-8-17)9-14-20-12-2-1-3-13-20/h5-8H,1-4,9-15,19H2. The molecule has 1 aliphatic heterocycles. The molecule has 0 aromatic heterocycles. The highest BCUT2D eigenvalue weighted by Crippen LogP contribution is 2.42. The molecule has 2 nitrogen and oxygen atoms in total. The van der Waals surface area contributed by atoms with Gasteiger partial charge in [-0.15, -0.1) is 0 Å². The first kappa shape index (κ1) is 14.1. The number of hydrogen-bond acceptors (Lipinski definition) is 2. The van der Waals surface area contributed by atoms with Crippen LogP contribution in [0.4, 0.5) is 0 Å². The Hall–Kier alpha value is -0.860. The third kappa shape index (κ3) is 2.91. The molecule has 2 heteroatoms. The molecule has 3 rings (SSSR count). The topological polar surface area (TPSA) is 29.3 Å². The minimum atomic E-state index is 0.311. The van der Waals surface area contributed by atoms with Gasteiger partial charge in [-0.3, -0.25) is 0 Å². The average Bonchev–Trinajstić information content (AvgIpc) is 2.47. The maximum absolute atomic E-state index is 5.99. The molecule has 0 unspecified atom stereocenters. The predicted octanol–water partition coefficient (Wildman–Crippen LogP) is 3.10. The summed E-state index contributed by atoms with van der Waals surface area (Å²) in [6, 6.07) is 9.32. The first-order chi connectivity index (χ1) is 9.82. The molecule has 2 aliphatic rings. The Bertz CT molecular complexity index is 408. The number of benzene rings is 1. The molecule has 0 bridgehead atoms. The minimum Gasteiger partial charge on any atom is -0.330 e. The summed E-state index contributed by atoms with van der Waals surface area (Å²) < 4.78 is 0. The van der Waals surface area contributed by atoms with E-state index in [1.165, 1.54) is 75.7 Å². The van der Waals surface area contributed by atoms with E-state index in [4.69, 9.17) is 5.73 Å². The van der Waals surface area contributed by atoms with E-state index in [0.29, 0.717) is 5.41 Å². The van der Waals surface area contributed by atoms with Crippen LogP contribution in [0, 0.1) is 0 Å². The molecule has 0 spiro atoms. The van der Waals surface area contributed by atoms with Crippen LogP contribution >= 0.6 is 0 Å². The van der Waals surface area contributed by atoms with E-state index in [0.717, 1.165) is 6.54 Å². The molecule has 110 valence electrons. The molecule has 2 N–H and O–H groups in total. The van der Waals surface area contributed by atoms with Crippen LogP contribution in [-0.2, 0) is 11.8 Å². The number of rotatable bonds is 5. The molecular formula is C18H28N2. The lowest BCUT2D eigenvalue weighted by molar-refractivity contribution is 0.231. The molecule has 1 heterocycles. The Morgan fingerprint density at radius 3 is 2.20 bits per heavy atom. The lowest BCUT2D eigenvalue weighted by Gasteiger charge is -2.41. The Balaban J connectivity index is 1.56. The Morgan fingerprint density at radius 2 is 1.65 bits per heavy atom. The van der Waals surface area contributed by atoms with Crippen LogP contribution in [0.1, 0.15) is 49.7 Å². The van der Waals surface area contributed by atoms with Crippen molar-refractivity contribution >= 4 is 0 Å². The van der Waals surface area contributed by atoms with Crippen LogP contribution in [0.25, 0.3) is 0 Å². The highest BCUT2D eigenvalue weighted by atomic mass is 15.1. The third-order valence-electron chi connectivity index (χ3n) is 5.43. The predicted molar refractivity (Wildman–Crippen MR) is 85.0 cm³/mol. The van der Waals surface area contributed by atoms with Crippen molar-refractivity contribution in [3.8, 4) is 0 Å². The summed E-state index contributed by atoms with van der Waals surface area (Å²) in [4.78, 5) is 2.62. The molecule has 1 saturated heterocycles. The fourth-order valence-corrected chi connectivity index (χ4v) is 3.71. The summed E-state index contributed by atoms with van der Waals surface area (Å²) in [6.07, 6.45) is 9.28. The molecular weight excluding hydrogens is 244 g/mol. The van der Waals surface area contributed by atoms with E-state index < -0.39 is 0 Å². The van der Waals surface area contributed by atoms with Crippen molar-refractivity contribution in [1.82, 2.24) is 4.90 Å². The zero-order valence-electron chi connectivity index (χ0n) is 12.6. The van der Waals surface area contributed by atoms with Crippen molar-refractivity contribution in [2.45, 2.75) is 50.4 Å². The molecule has 0 radical (unpaired) electrons. The fraction of sp³-hybridized carbons (Fsp3) is 0.667. The van der Waals surface area contributed by atoms with Crippen molar-refractivity contribution < 1.29 is 0 Å². The van der Waals surface area contributed by atoms with E-state index in [-0.39, 0.29) is 0 Å². The van der Waals surface area contributed by atoms with E-state index in [1.807, 2.05) is 0 Å². The molecule has 1 saturated carbocycles. The summed E-state index contributed by atoms with van der Waals surface area (Å²) in [5, 5.41) is 0. The number of likely N-dealkylation sites (tertiary alicyclic amines) is 1. The largest absolute Gasteiger partial charge is 0.330 e. The van der Waals surface area contributed by atoms with Crippen LogP contribution in [0.3, 0.4) is 0 Å². The Kier molecular flexibility index (Phi) is 4.42. The number of piperidine rings is 1. The van der Waals surface area contributed by atoms with Gasteiger partial charge >= 0.3 is 0 Å². The van der Waals surface area contributed by atoms with Crippen LogP contribution in [0.2, 0.25) is 0 Å². The smallest absolute Gasteiger partial charge is 0.00755 e. The highest BCUT2D eigenvalue weighted by Gasteiger charge is 2.36. The highest BCUT2D eigenvalue weighted by molar-refractivity contribution is 5.31. The summed E-state index contributed by atoms with van der Waals surface area (Å²) >= 11 is 0. The van der Waals surface area contributed by atoms with E-state index in [1.54, 1.807) is 0 Å². The SMILES string of the molecule is NCC1(c2ccc(CCN3CCCCC3)cc2)CCC1. The van der Waals surface area contributed by atoms with Crippen molar-refractivity contribution in [1.29, 1.82) is 0 Å². The van der Waals surface area contributed by atoms with Gasteiger partial charge in [0.1, 0.15) is 0 Å². The van der Waals surface area contributed by atoms with E-state index >= 15 is 0 Å². The van der Waals surface area contributed by atoms with Gasteiger partial charge in [0, 0.05) is 18.5 Å². The minimum absolute atomic E-state index is 0.311. The second-order valence-corrected chi connectivity index (χ2v) is 6.69. The number of hydrogen-bond donors (Lipinski definition) is 1. The maximum atomic E-state index is 5.99. The molecule has 1 aromatic carbocycles. The van der Waals surface area contributed by atoms with E-state index in [2.05, 4.69) is 29.2 Å². The number of nitrogens with two attached hydrogens (primary N) is 1. The number of nitrogens with zero attached hydrogens (tertiary/aromatic N) is 1. The molecule has 0 amide bonds. The van der Waals surface area contributed by atoms with E-state index in [9.17, 15) is 0 Å². The van der Waals surface area contributed by atoms with Gasteiger partial charge in [-0.1, -0.05) is 37.1 Å². The first-order valence-electron chi connectivity index (χ1n) is 8.34. The second-order valence-electron chi connectivity index (χ2n) is 6.69.